The molecule has 0 saturated heterocycles. The zero-order valence-corrected chi connectivity index (χ0v) is 17.1. The largest absolute Gasteiger partial charge is 2.00 e. The summed E-state index contributed by atoms with van der Waals surface area (Å²) in [5, 5.41) is 0. The van der Waals surface area contributed by atoms with Crippen molar-refractivity contribution in [3.8, 4) is 0 Å². The van der Waals surface area contributed by atoms with Crippen molar-refractivity contribution in [3.05, 3.63) is 0 Å². The molecular formula is B5BeCaF20Na. The molecule has 0 aliphatic carbocycles. The Morgan fingerprint density at radius 1 is 0.250 bits per heavy atom. The fraction of sp³-hybridized carbons (Fsp3) is 0. The molecule has 0 unspecified atom stereocenters. The van der Waals surface area contributed by atoms with Gasteiger partial charge in [0.1, 0.15) is 0 Å². The Kier molecular flexibility index (Phi) is 39.9. The molecule has 0 saturated carbocycles. The fourth-order valence-corrected chi connectivity index (χ4v) is 0. The maximum Gasteiger partial charge on any atom is 2.00 e. The van der Waals surface area contributed by atoms with Crippen LogP contribution in [0, 0.1) is 0 Å². The van der Waals surface area contributed by atoms with Crippen molar-refractivity contribution in [1.29, 1.82) is 0 Å². The minimum Gasteiger partial charge on any atom is -0.418 e. The quantitative estimate of drug-likeness (QED) is 0.351. The van der Waals surface area contributed by atoms with E-state index < -0.39 is 36.3 Å². The molecule has 0 aliphatic heterocycles. The van der Waals surface area contributed by atoms with Crippen LogP contribution in [0.3, 0.4) is 0 Å². The van der Waals surface area contributed by atoms with Gasteiger partial charge in [-0.1, -0.05) is 0 Å². The third kappa shape index (κ3) is 10400. The van der Waals surface area contributed by atoms with Crippen LogP contribution < -0.4 is 29.6 Å². The molecule has 0 bridgehead atoms. The molecule has 0 spiro atoms. The second-order valence-corrected chi connectivity index (χ2v) is 2.47. The molecule has 0 aliphatic rings. The predicted molar refractivity (Wildman–Crippen MR) is 62.4 cm³/mol. The molecule has 160 valence electrons. The topological polar surface area (TPSA) is 0 Å². The van der Waals surface area contributed by atoms with E-state index in [1.807, 2.05) is 0 Å². The van der Waals surface area contributed by atoms with Gasteiger partial charge in [0.15, 0.2) is 0 Å². The van der Waals surface area contributed by atoms with Gasteiger partial charge in [-0.15, -0.1) is 0 Å². The molecule has 0 amide bonds. The molecule has 0 nitrogen and oxygen atoms in total. The van der Waals surface area contributed by atoms with Crippen LogP contribution in [0.4, 0.5) is 86.3 Å². The van der Waals surface area contributed by atoms with Gasteiger partial charge in [0, 0.05) is 0 Å². The van der Waals surface area contributed by atoms with Crippen LogP contribution in [-0.4, -0.2) is 84.1 Å². The molecule has 0 aromatic carbocycles. The maximum absolute atomic E-state index is 9.75. The van der Waals surface area contributed by atoms with Crippen molar-refractivity contribution in [2.24, 2.45) is 0 Å². The molecule has 0 atom stereocenters. The molecule has 0 rings (SSSR count). The van der Waals surface area contributed by atoms with E-state index >= 15 is 0 Å². The van der Waals surface area contributed by atoms with Gasteiger partial charge >= 0.3 is 114 Å². The summed E-state index contributed by atoms with van der Waals surface area (Å²) in [5.74, 6) is 0. The minimum absolute atomic E-state index is 0. The molecule has 0 fully saturated rings. The zero-order chi connectivity index (χ0) is 22.5. The van der Waals surface area contributed by atoms with Gasteiger partial charge in [-0.25, -0.2) is 0 Å². The van der Waals surface area contributed by atoms with Crippen LogP contribution in [0.25, 0.3) is 0 Å². The van der Waals surface area contributed by atoms with Crippen molar-refractivity contribution in [2.75, 3.05) is 0 Å². The summed E-state index contributed by atoms with van der Waals surface area (Å²) in [5.41, 5.74) is 0. The minimum atomic E-state index is -6.00. The van der Waals surface area contributed by atoms with Gasteiger partial charge in [0.05, 0.1) is 0 Å². The first kappa shape index (κ1) is 51.8. The summed E-state index contributed by atoms with van der Waals surface area (Å²) in [6.45, 7) is 0. The number of hydrogen-bond donors (Lipinski definition) is 0. The smallest absolute Gasteiger partial charge is 0.418 e. The van der Waals surface area contributed by atoms with E-state index in [9.17, 15) is 86.3 Å². The first-order chi connectivity index (χ1) is 10.0. The summed E-state index contributed by atoms with van der Waals surface area (Å²) in [7, 11) is -30.0. The monoisotopic (exact) mass is 507 g/mol. The van der Waals surface area contributed by atoms with E-state index in [4.69, 9.17) is 0 Å². The van der Waals surface area contributed by atoms with E-state index in [1.165, 1.54) is 0 Å². The summed E-state index contributed by atoms with van der Waals surface area (Å²) in [6.07, 6.45) is 0. The Balaban J connectivity index is -0.0000000290. The Bertz CT molecular complexity index is 184. The van der Waals surface area contributed by atoms with Gasteiger partial charge in [-0.2, -0.15) is 0 Å². The summed E-state index contributed by atoms with van der Waals surface area (Å²) in [4.78, 5) is 0. The summed E-state index contributed by atoms with van der Waals surface area (Å²) in [6, 6.07) is 0. The van der Waals surface area contributed by atoms with Gasteiger partial charge in [-0.05, 0) is 0 Å². The van der Waals surface area contributed by atoms with Crippen LogP contribution in [-0.2, 0) is 0 Å². The Labute approximate surface area is 198 Å². The second-order valence-electron chi connectivity index (χ2n) is 2.47. The molecule has 0 heterocycles. The number of hydrogen-bond acceptors (Lipinski definition) is 0. The van der Waals surface area contributed by atoms with Crippen LogP contribution in [0.2, 0.25) is 0 Å². The Morgan fingerprint density at radius 2 is 0.250 bits per heavy atom. The van der Waals surface area contributed by atoms with E-state index in [1.54, 1.807) is 0 Å². The summed E-state index contributed by atoms with van der Waals surface area (Å²) < 4.78 is 195. The van der Waals surface area contributed by atoms with Crippen LogP contribution in [0.5, 0.6) is 0 Å². The fourth-order valence-electron chi connectivity index (χ4n) is 0. The zero-order valence-electron chi connectivity index (χ0n) is 12.9. The number of rotatable bonds is 0. The van der Waals surface area contributed by atoms with Gasteiger partial charge in [0.2, 0.25) is 0 Å². The molecule has 0 aromatic rings. The van der Waals surface area contributed by atoms with Crippen molar-refractivity contribution in [1.82, 2.24) is 0 Å². The first-order valence-electron chi connectivity index (χ1n) is 4.36. The van der Waals surface area contributed by atoms with Crippen molar-refractivity contribution in [2.45, 2.75) is 0 Å². The van der Waals surface area contributed by atoms with E-state index in [0.717, 1.165) is 0 Å². The van der Waals surface area contributed by atoms with Crippen LogP contribution >= 0.6 is 0 Å². The molecule has 0 N–H and O–H groups in total. The van der Waals surface area contributed by atoms with Crippen molar-refractivity contribution in [3.63, 3.8) is 0 Å². The van der Waals surface area contributed by atoms with Gasteiger partial charge in [0.25, 0.3) is 0 Å². The Morgan fingerprint density at radius 3 is 0.250 bits per heavy atom. The average molecular weight is 506 g/mol. The van der Waals surface area contributed by atoms with Crippen molar-refractivity contribution >= 4 is 84.1 Å². The first-order valence-corrected chi connectivity index (χ1v) is 4.36. The normalized spacial score (nSPS) is 10.7. The van der Waals surface area contributed by atoms with Crippen LogP contribution in [0.1, 0.15) is 0 Å². The Hall–Kier alpha value is 1.35. The van der Waals surface area contributed by atoms with E-state index in [2.05, 4.69) is 0 Å². The summed E-state index contributed by atoms with van der Waals surface area (Å²) >= 11 is 0. The van der Waals surface area contributed by atoms with Crippen LogP contribution in [0.15, 0.2) is 0 Å². The SMILES string of the molecule is F[B-](F)(F)F.F[B-](F)(F)F.F[B-](F)(F)F.F[B-](F)(F)F.F[B-](F)(F)F.[Be+2].[Ca+2].[Na+]. The second kappa shape index (κ2) is 21.6. The predicted octanol–water partition coefficient (Wildman–Crippen LogP) is 2.74. The maximum atomic E-state index is 9.75. The van der Waals surface area contributed by atoms with Gasteiger partial charge < -0.3 is 86.3 Å². The molecular weight excluding hydrogens is 506 g/mol. The third-order valence-electron chi connectivity index (χ3n) is 0. The molecule has 28 heavy (non-hydrogen) atoms. The molecule has 0 aromatic heterocycles. The molecule has 28 heteroatoms. The molecule has 0 radical (unpaired) electrons. The van der Waals surface area contributed by atoms with Crippen molar-refractivity contribution < 1.29 is 116 Å². The van der Waals surface area contributed by atoms with E-state index in [0.29, 0.717) is 0 Å². The van der Waals surface area contributed by atoms with E-state index in [-0.39, 0.29) is 77.4 Å². The standard InChI is InChI=1S/5BF4.Be.Ca.Na/c5*2-1(3,4)5;;;/q5*-1;2*+2;+1. The average Bonchev–Trinajstić information content (AvgIpc) is 1.79. The number of halogens is 20. The van der Waals surface area contributed by atoms with Gasteiger partial charge in [-0.3, -0.25) is 0 Å². The third-order valence-corrected chi connectivity index (χ3v) is 0.